The fourth-order valence-corrected chi connectivity index (χ4v) is 3.14. The lowest BCUT2D eigenvalue weighted by Crippen LogP contribution is -2.22. The van der Waals surface area contributed by atoms with Crippen LogP contribution < -0.4 is 5.56 Å². The van der Waals surface area contributed by atoms with Gasteiger partial charge in [0.2, 0.25) is 0 Å². The molecule has 0 atom stereocenters. The van der Waals surface area contributed by atoms with Gasteiger partial charge in [0.1, 0.15) is 0 Å². The Bertz CT molecular complexity index is 1050. The molecular formula is C17H15Cl2N3O3. The summed E-state index contributed by atoms with van der Waals surface area (Å²) in [5.41, 5.74) is 3.38. The number of carboxylic acids is 1. The van der Waals surface area contributed by atoms with Gasteiger partial charge in [-0.2, -0.15) is 0 Å². The third-order valence-electron chi connectivity index (χ3n) is 4.06. The van der Waals surface area contributed by atoms with Crippen LogP contribution in [-0.2, 0) is 11.2 Å². The molecule has 6 nitrogen and oxygen atoms in total. The number of nitrogens with zero attached hydrogens (tertiary/aromatic N) is 2. The fourth-order valence-electron chi connectivity index (χ4n) is 2.84. The Balaban J connectivity index is 2.22. The third-order valence-corrected chi connectivity index (χ3v) is 4.80. The zero-order chi connectivity index (χ0) is 18.3. The van der Waals surface area contributed by atoms with Crippen molar-refractivity contribution in [3.8, 4) is 11.1 Å². The number of carbonyl (C=O) groups is 1. The van der Waals surface area contributed by atoms with Crippen molar-refractivity contribution < 1.29 is 9.90 Å². The quantitative estimate of drug-likeness (QED) is 0.724. The standard InChI is InChI=1S/C17H15Cl2N3O3/c1-8-11(4-6-14(23)24)17(25)22-16(20-8)15(9(2)21-22)10-3-5-12(18)13(19)7-10/h3,5,7,21H,4,6H2,1-2H3,(H,23,24). The summed E-state index contributed by atoms with van der Waals surface area (Å²) in [5, 5.41) is 12.7. The van der Waals surface area contributed by atoms with Gasteiger partial charge in [0.25, 0.3) is 5.56 Å². The Morgan fingerprint density at radius 2 is 2.00 bits per heavy atom. The van der Waals surface area contributed by atoms with E-state index in [-0.39, 0.29) is 18.4 Å². The second kappa shape index (κ2) is 6.54. The zero-order valence-electron chi connectivity index (χ0n) is 13.6. The van der Waals surface area contributed by atoms with Crippen molar-refractivity contribution in [2.45, 2.75) is 26.7 Å². The largest absolute Gasteiger partial charge is 0.481 e. The van der Waals surface area contributed by atoms with Gasteiger partial charge in [0.05, 0.1) is 10.0 Å². The Morgan fingerprint density at radius 3 is 2.64 bits per heavy atom. The fraction of sp³-hybridized carbons (Fsp3) is 0.235. The molecule has 130 valence electrons. The molecule has 8 heteroatoms. The zero-order valence-corrected chi connectivity index (χ0v) is 15.1. The lowest BCUT2D eigenvalue weighted by atomic mass is 10.1. The molecule has 0 unspecified atom stereocenters. The number of hydrogen-bond donors (Lipinski definition) is 2. The summed E-state index contributed by atoms with van der Waals surface area (Å²) in [6.07, 6.45) is 0.0132. The van der Waals surface area contributed by atoms with E-state index in [9.17, 15) is 9.59 Å². The second-order valence-corrected chi connectivity index (χ2v) is 6.59. The van der Waals surface area contributed by atoms with Crippen LogP contribution in [0.5, 0.6) is 0 Å². The van der Waals surface area contributed by atoms with Gasteiger partial charge in [-0.25, -0.2) is 9.50 Å². The minimum atomic E-state index is -0.956. The van der Waals surface area contributed by atoms with Gasteiger partial charge in [-0.3, -0.25) is 14.7 Å². The smallest absolute Gasteiger partial charge is 0.303 e. The predicted octanol–water partition coefficient (Wildman–Crippen LogP) is 3.63. The first-order valence-corrected chi connectivity index (χ1v) is 8.33. The highest BCUT2D eigenvalue weighted by Gasteiger charge is 2.18. The van der Waals surface area contributed by atoms with E-state index >= 15 is 0 Å². The van der Waals surface area contributed by atoms with Gasteiger partial charge >= 0.3 is 5.97 Å². The van der Waals surface area contributed by atoms with E-state index in [4.69, 9.17) is 28.3 Å². The van der Waals surface area contributed by atoms with Crippen LogP contribution in [-0.4, -0.2) is 25.7 Å². The molecule has 3 aromatic rings. The molecule has 2 heterocycles. The van der Waals surface area contributed by atoms with Crippen molar-refractivity contribution in [1.29, 1.82) is 0 Å². The molecule has 3 rings (SSSR count). The molecule has 0 aliphatic heterocycles. The van der Waals surface area contributed by atoms with Gasteiger partial charge in [0, 0.05) is 28.9 Å². The Hall–Kier alpha value is -2.31. The average molecular weight is 380 g/mol. The van der Waals surface area contributed by atoms with Gasteiger partial charge in [0.15, 0.2) is 5.65 Å². The minimum Gasteiger partial charge on any atom is -0.481 e. The number of carboxylic acid groups (broad SMARTS) is 1. The monoisotopic (exact) mass is 379 g/mol. The first-order chi connectivity index (χ1) is 11.8. The van der Waals surface area contributed by atoms with Crippen LogP contribution in [0.2, 0.25) is 10.0 Å². The highest BCUT2D eigenvalue weighted by Crippen LogP contribution is 2.32. The number of nitrogens with one attached hydrogen (secondary N) is 1. The summed E-state index contributed by atoms with van der Waals surface area (Å²) >= 11 is 12.1. The van der Waals surface area contributed by atoms with E-state index in [1.807, 2.05) is 13.0 Å². The molecule has 0 aliphatic carbocycles. The second-order valence-electron chi connectivity index (χ2n) is 5.77. The Morgan fingerprint density at radius 1 is 1.28 bits per heavy atom. The van der Waals surface area contributed by atoms with Crippen molar-refractivity contribution in [1.82, 2.24) is 14.6 Å². The van der Waals surface area contributed by atoms with Crippen molar-refractivity contribution in [2.24, 2.45) is 0 Å². The molecule has 0 bridgehead atoms. The number of aromatic nitrogens is 3. The van der Waals surface area contributed by atoms with Crippen LogP contribution in [0.25, 0.3) is 16.8 Å². The van der Waals surface area contributed by atoms with E-state index in [0.717, 1.165) is 16.8 Å². The molecule has 2 aromatic heterocycles. The van der Waals surface area contributed by atoms with Crippen LogP contribution in [0.4, 0.5) is 0 Å². The SMILES string of the molecule is Cc1nc2c(-c3ccc(Cl)c(Cl)c3)c(C)[nH]n2c(=O)c1CCC(=O)O. The molecule has 25 heavy (non-hydrogen) atoms. The maximum absolute atomic E-state index is 12.7. The number of fused-ring (bicyclic) bond motifs is 1. The minimum absolute atomic E-state index is 0.122. The summed E-state index contributed by atoms with van der Waals surface area (Å²) in [6.45, 7) is 3.54. The Labute approximate surface area is 153 Å². The topological polar surface area (TPSA) is 87.5 Å². The molecule has 0 amide bonds. The molecule has 0 saturated carbocycles. The number of rotatable bonds is 4. The van der Waals surface area contributed by atoms with Crippen LogP contribution >= 0.6 is 23.2 Å². The maximum Gasteiger partial charge on any atom is 0.303 e. The molecule has 0 saturated heterocycles. The van der Waals surface area contributed by atoms with E-state index < -0.39 is 5.97 Å². The maximum atomic E-state index is 12.7. The molecule has 0 fully saturated rings. The van der Waals surface area contributed by atoms with Crippen molar-refractivity contribution in [3.63, 3.8) is 0 Å². The number of hydrogen-bond acceptors (Lipinski definition) is 3. The number of aromatic amines is 1. The van der Waals surface area contributed by atoms with Crippen molar-refractivity contribution in [2.75, 3.05) is 0 Å². The summed E-state index contributed by atoms with van der Waals surface area (Å²) in [6, 6.07) is 5.22. The third kappa shape index (κ3) is 3.15. The summed E-state index contributed by atoms with van der Waals surface area (Å²) in [5.74, 6) is -0.956. The molecule has 0 spiro atoms. The van der Waals surface area contributed by atoms with Crippen LogP contribution in [0.3, 0.4) is 0 Å². The summed E-state index contributed by atoms with van der Waals surface area (Å²) in [7, 11) is 0. The van der Waals surface area contributed by atoms with Crippen LogP contribution in [0, 0.1) is 13.8 Å². The summed E-state index contributed by atoms with van der Waals surface area (Å²) in [4.78, 5) is 28.1. The van der Waals surface area contributed by atoms with Crippen molar-refractivity contribution >= 4 is 34.8 Å². The molecular weight excluding hydrogens is 365 g/mol. The van der Waals surface area contributed by atoms with Gasteiger partial charge < -0.3 is 5.11 Å². The van der Waals surface area contributed by atoms with E-state index in [1.165, 1.54) is 4.52 Å². The number of aryl methyl sites for hydroxylation is 2. The molecule has 0 aliphatic rings. The number of halogens is 2. The van der Waals surface area contributed by atoms with Gasteiger partial charge in [-0.1, -0.05) is 29.3 Å². The van der Waals surface area contributed by atoms with Crippen LogP contribution in [0.15, 0.2) is 23.0 Å². The predicted molar refractivity (Wildman–Crippen MR) is 96.7 cm³/mol. The molecule has 2 N–H and O–H groups in total. The van der Waals surface area contributed by atoms with E-state index in [0.29, 0.717) is 26.9 Å². The van der Waals surface area contributed by atoms with Crippen molar-refractivity contribution in [3.05, 3.63) is 55.5 Å². The number of H-pyrrole nitrogens is 1. The first kappa shape index (κ1) is 17.5. The number of benzene rings is 1. The first-order valence-electron chi connectivity index (χ1n) is 7.57. The van der Waals surface area contributed by atoms with E-state index in [2.05, 4.69) is 10.1 Å². The summed E-state index contributed by atoms with van der Waals surface area (Å²) < 4.78 is 1.34. The molecule has 1 aromatic carbocycles. The number of aliphatic carboxylic acids is 1. The molecule has 0 radical (unpaired) electrons. The average Bonchev–Trinajstić information content (AvgIpc) is 2.86. The lowest BCUT2D eigenvalue weighted by Gasteiger charge is -2.06. The van der Waals surface area contributed by atoms with E-state index in [1.54, 1.807) is 19.1 Å². The highest BCUT2D eigenvalue weighted by atomic mass is 35.5. The van der Waals surface area contributed by atoms with Gasteiger partial charge in [-0.15, -0.1) is 0 Å². The van der Waals surface area contributed by atoms with Gasteiger partial charge in [-0.05, 0) is 38.0 Å². The normalized spacial score (nSPS) is 11.2. The highest BCUT2D eigenvalue weighted by molar-refractivity contribution is 6.42. The van der Waals surface area contributed by atoms with Crippen LogP contribution in [0.1, 0.15) is 23.4 Å². The lowest BCUT2D eigenvalue weighted by molar-refractivity contribution is -0.136. The Kier molecular flexibility index (Phi) is 4.58.